The topological polar surface area (TPSA) is 29.5 Å². The third-order valence-electron chi connectivity index (χ3n) is 1.88. The van der Waals surface area contributed by atoms with Crippen molar-refractivity contribution in [1.82, 2.24) is 4.90 Å². The standard InChI is InChI=1S/C12H12F3NO2/c1-16(2)7-6-11(17)9-4-3-5-10(8-9)18-12(13,14)15/h3-8H,1-2H3/b7-6+. The molecule has 0 aliphatic rings. The van der Waals surface area contributed by atoms with Gasteiger partial charge in [0.05, 0.1) is 0 Å². The molecule has 3 nitrogen and oxygen atoms in total. The van der Waals surface area contributed by atoms with Crippen molar-refractivity contribution in [3.05, 3.63) is 42.1 Å². The molecule has 0 N–H and O–H groups in total. The van der Waals surface area contributed by atoms with E-state index < -0.39 is 17.9 Å². The number of carbonyl (C=O) groups excluding carboxylic acids is 1. The van der Waals surface area contributed by atoms with E-state index in [9.17, 15) is 18.0 Å². The van der Waals surface area contributed by atoms with Gasteiger partial charge in [-0.1, -0.05) is 12.1 Å². The van der Waals surface area contributed by atoms with Crippen molar-refractivity contribution in [1.29, 1.82) is 0 Å². The number of carbonyl (C=O) groups is 1. The first-order chi connectivity index (χ1) is 8.28. The van der Waals surface area contributed by atoms with Crippen LogP contribution in [0.25, 0.3) is 0 Å². The molecule has 1 aromatic rings. The van der Waals surface area contributed by atoms with Crippen molar-refractivity contribution < 1.29 is 22.7 Å². The lowest BCUT2D eigenvalue weighted by molar-refractivity contribution is -0.274. The number of nitrogens with zero attached hydrogens (tertiary/aromatic N) is 1. The van der Waals surface area contributed by atoms with E-state index in [0.29, 0.717) is 0 Å². The molecule has 98 valence electrons. The molecule has 6 heteroatoms. The molecular formula is C12H12F3NO2. The Morgan fingerprint density at radius 3 is 2.56 bits per heavy atom. The number of hydrogen-bond acceptors (Lipinski definition) is 3. The van der Waals surface area contributed by atoms with Crippen molar-refractivity contribution in [2.24, 2.45) is 0 Å². The van der Waals surface area contributed by atoms with Gasteiger partial charge in [-0.2, -0.15) is 0 Å². The highest BCUT2D eigenvalue weighted by atomic mass is 19.4. The van der Waals surface area contributed by atoms with Gasteiger partial charge in [-0.3, -0.25) is 4.79 Å². The Labute approximate surface area is 102 Å². The van der Waals surface area contributed by atoms with Gasteiger partial charge in [0.2, 0.25) is 0 Å². The predicted molar refractivity (Wildman–Crippen MR) is 60.3 cm³/mol. The molecule has 0 saturated heterocycles. The maximum absolute atomic E-state index is 12.0. The van der Waals surface area contributed by atoms with E-state index in [-0.39, 0.29) is 5.56 Å². The van der Waals surface area contributed by atoms with Crippen LogP contribution in [0.5, 0.6) is 5.75 Å². The van der Waals surface area contributed by atoms with Crippen LogP contribution in [-0.4, -0.2) is 31.1 Å². The maximum atomic E-state index is 12.0. The minimum absolute atomic E-state index is 0.134. The third-order valence-corrected chi connectivity index (χ3v) is 1.88. The average molecular weight is 259 g/mol. The monoisotopic (exact) mass is 259 g/mol. The molecule has 0 aliphatic heterocycles. The summed E-state index contributed by atoms with van der Waals surface area (Å²) in [5.41, 5.74) is 0.134. The molecule has 0 radical (unpaired) electrons. The van der Waals surface area contributed by atoms with Crippen molar-refractivity contribution in [3.8, 4) is 5.75 Å². The molecule has 0 unspecified atom stereocenters. The molecule has 1 aromatic carbocycles. The Morgan fingerprint density at radius 2 is 2.00 bits per heavy atom. The molecule has 0 aliphatic carbocycles. The Morgan fingerprint density at radius 1 is 1.33 bits per heavy atom. The summed E-state index contributed by atoms with van der Waals surface area (Å²) in [7, 11) is 3.46. The largest absolute Gasteiger partial charge is 0.573 e. The lowest BCUT2D eigenvalue weighted by atomic mass is 10.1. The van der Waals surface area contributed by atoms with Crippen LogP contribution in [0.3, 0.4) is 0 Å². The number of alkyl halides is 3. The van der Waals surface area contributed by atoms with Crippen LogP contribution in [-0.2, 0) is 0 Å². The number of ketones is 1. The molecule has 0 amide bonds. The smallest absolute Gasteiger partial charge is 0.406 e. The first kappa shape index (κ1) is 14.1. The summed E-state index contributed by atoms with van der Waals surface area (Å²) in [5.74, 6) is -0.803. The van der Waals surface area contributed by atoms with Crippen molar-refractivity contribution in [3.63, 3.8) is 0 Å². The van der Waals surface area contributed by atoms with Gasteiger partial charge in [-0.25, -0.2) is 0 Å². The zero-order chi connectivity index (χ0) is 13.8. The zero-order valence-electron chi connectivity index (χ0n) is 9.86. The van der Waals surface area contributed by atoms with Crippen LogP contribution >= 0.6 is 0 Å². The second-order valence-corrected chi connectivity index (χ2v) is 3.72. The van der Waals surface area contributed by atoms with E-state index in [2.05, 4.69) is 4.74 Å². The van der Waals surface area contributed by atoms with Crippen LogP contribution < -0.4 is 4.74 Å². The van der Waals surface area contributed by atoms with Gasteiger partial charge in [-0.15, -0.1) is 13.2 Å². The molecule has 18 heavy (non-hydrogen) atoms. The fourth-order valence-corrected chi connectivity index (χ4v) is 1.16. The normalized spacial score (nSPS) is 11.6. The predicted octanol–water partition coefficient (Wildman–Crippen LogP) is 2.84. The summed E-state index contributed by atoms with van der Waals surface area (Å²) in [4.78, 5) is 13.3. The van der Waals surface area contributed by atoms with Crippen molar-refractivity contribution in [2.75, 3.05) is 14.1 Å². The molecule has 0 atom stereocenters. The van der Waals surface area contributed by atoms with E-state index in [1.54, 1.807) is 19.0 Å². The molecule has 1 rings (SSSR count). The molecule has 0 saturated carbocycles. The molecule has 0 fully saturated rings. The summed E-state index contributed by atoms with van der Waals surface area (Å²) in [6.07, 6.45) is -1.98. The summed E-state index contributed by atoms with van der Waals surface area (Å²) < 4.78 is 39.7. The lowest BCUT2D eigenvalue weighted by Crippen LogP contribution is -2.17. The van der Waals surface area contributed by atoms with E-state index in [0.717, 1.165) is 12.1 Å². The Hall–Kier alpha value is -1.98. The van der Waals surface area contributed by atoms with E-state index in [1.807, 2.05) is 0 Å². The fraction of sp³-hybridized carbons (Fsp3) is 0.250. The van der Waals surface area contributed by atoms with Crippen LogP contribution in [0, 0.1) is 0 Å². The number of hydrogen-bond donors (Lipinski definition) is 0. The fourth-order valence-electron chi connectivity index (χ4n) is 1.16. The van der Waals surface area contributed by atoms with Gasteiger partial charge in [0.25, 0.3) is 0 Å². The first-order valence-electron chi connectivity index (χ1n) is 5.03. The van der Waals surface area contributed by atoms with Gasteiger partial charge in [0, 0.05) is 31.9 Å². The Bertz CT molecular complexity index is 453. The first-order valence-corrected chi connectivity index (χ1v) is 5.03. The minimum Gasteiger partial charge on any atom is -0.406 e. The second-order valence-electron chi connectivity index (χ2n) is 3.72. The highest BCUT2D eigenvalue weighted by molar-refractivity contribution is 6.04. The average Bonchev–Trinajstić information content (AvgIpc) is 2.23. The van der Waals surface area contributed by atoms with Crippen molar-refractivity contribution >= 4 is 5.78 Å². The SMILES string of the molecule is CN(C)/C=C/C(=O)c1cccc(OC(F)(F)F)c1. The molecular weight excluding hydrogens is 247 g/mol. The van der Waals surface area contributed by atoms with Crippen LogP contribution in [0.15, 0.2) is 36.5 Å². The van der Waals surface area contributed by atoms with Gasteiger partial charge in [0.1, 0.15) is 5.75 Å². The minimum atomic E-state index is -4.76. The molecule has 0 bridgehead atoms. The number of halogens is 3. The lowest BCUT2D eigenvalue weighted by Gasteiger charge is -2.09. The number of benzene rings is 1. The molecule has 0 aromatic heterocycles. The van der Waals surface area contributed by atoms with Crippen molar-refractivity contribution in [2.45, 2.75) is 6.36 Å². The maximum Gasteiger partial charge on any atom is 0.573 e. The second kappa shape index (κ2) is 5.57. The number of ether oxygens (including phenoxy) is 1. The summed E-state index contributed by atoms with van der Waals surface area (Å²) >= 11 is 0. The van der Waals surface area contributed by atoms with Gasteiger partial charge < -0.3 is 9.64 Å². The van der Waals surface area contributed by atoms with E-state index >= 15 is 0 Å². The highest BCUT2D eigenvalue weighted by Gasteiger charge is 2.31. The number of rotatable bonds is 4. The summed E-state index contributed by atoms with van der Waals surface area (Å²) in [6, 6.07) is 4.94. The van der Waals surface area contributed by atoms with Gasteiger partial charge in [0.15, 0.2) is 5.78 Å². The van der Waals surface area contributed by atoms with E-state index in [4.69, 9.17) is 0 Å². The quantitative estimate of drug-likeness (QED) is 0.615. The van der Waals surface area contributed by atoms with Crippen LogP contribution in [0.1, 0.15) is 10.4 Å². The third kappa shape index (κ3) is 4.90. The van der Waals surface area contributed by atoms with Crippen LogP contribution in [0.4, 0.5) is 13.2 Å². The zero-order valence-corrected chi connectivity index (χ0v) is 9.86. The summed E-state index contributed by atoms with van der Waals surface area (Å²) in [6.45, 7) is 0. The van der Waals surface area contributed by atoms with Gasteiger partial charge >= 0.3 is 6.36 Å². The van der Waals surface area contributed by atoms with Gasteiger partial charge in [-0.05, 0) is 12.1 Å². The van der Waals surface area contributed by atoms with Crippen LogP contribution in [0.2, 0.25) is 0 Å². The number of allylic oxidation sites excluding steroid dienone is 1. The van der Waals surface area contributed by atoms with E-state index in [1.165, 1.54) is 24.4 Å². The summed E-state index contributed by atoms with van der Waals surface area (Å²) in [5, 5.41) is 0. The Balaban J connectivity index is 2.85. The highest BCUT2D eigenvalue weighted by Crippen LogP contribution is 2.23. The molecule has 0 spiro atoms. The molecule has 0 heterocycles. The Kier molecular flexibility index (Phi) is 4.36.